The van der Waals surface area contributed by atoms with Crippen molar-refractivity contribution in [1.82, 2.24) is 19.5 Å². The molecule has 10 aromatic rings. The van der Waals surface area contributed by atoms with Crippen LogP contribution in [0.4, 0.5) is 0 Å². The maximum atomic E-state index is 9.08. The van der Waals surface area contributed by atoms with E-state index in [-0.39, 0.29) is 58.1 Å². The van der Waals surface area contributed by atoms with E-state index in [1.54, 1.807) is 4.57 Å². The van der Waals surface area contributed by atoms with Crippen LogP contribution >= 0.6 is 0 Å². The fourth-order valence-electron chi connectivity index (χ4n) is 6.74. The van der Waals surface area contributed by atoms with Crippen LogP contribution in [0.5, 0.6) is 0 Å². The lowest BCUT2D eigenvalue weighted by molar-refractivity contribution is 0.669. The Morgan fingerprint density at radius 2 is 1.06 bits per heavy atom. The second-order valence-electron chi connectivity index (χ2n) is 12.0. The molecule has 0 aliphatic heterocycles. The molecule has 0 amide bonds. The van der Waals surface area contributed by atoms with Gasteiger partial charge in [0.2, 0.25) is 0 Å². The van der Waals surface area contributed by atoms with Crippen molar-refractivity contribution in [2.75, 3.05) is 0 Å². The number of benzene rings is 7. The summed E-state index contributed by atoms with van der Waals surface area (Å²) in [4.78, 5) is 15.2. The third kappa shape index (κ3) is 4.60. The van der Waals surface area contributed by atoms with Gasteiger partial charge in [0.25, 0.3) is 0 Å². The Kier molecular flexibility index (Phi) is 5.17. The number of hydrogen-bond acceptors (Lipinski definition) is 4. The third-order valence-corrected chi connectivity index (χ3v) is 8.98. The smallest absolute Gasteiger partial charge is 0.164 e. The Balaban J connectivity index is 1.31. The zero-order chi connectivity index (χ0) is 38.2. The van der Waals surface area contributed by atoms with Crippen LogP contribution in [-0.4, -0.2) is 19.5 Å². The van der Waals surface area contributed by atoms with Gasteiger partial charge in [-0.25, -0.2) is 15.0 Å². The van der Waals surface area contributed by atoms with Crippen molar-refractivity contribution in [2.45, 2.75) is 0 Å². The fraction of sp³-hybridized carbons (Fsp3) is 0. The summed E-state index contributed by atoms with van der Waals surface area (Å²) in [5.41, 5.74) is 6.40. The molecule has 234 valence electrons. The van der Waals surface area contributed by atoms with Gasteiger partial charge < -0.3 is 8.98 Å². The minimum atomic E-state index is -0.173. The van der Waals surface area contributed by atoms with Crippen LogP contribution in [0.3, 0.4) is 0 Å². The number of furan rings is 1. The largest absolute Gasteiger partial charge is 0.456 e. The first-order valence-electron chi connectivity index (χ1n) is 19.2. The molecule has 5 heteroatoms. The van der Waals surface area contributed by atoms with Crippen LogP contribution < -0.4 is 0 Å². The van der Waals surface area contributed by atoms with Gasteiger partial charge in [0.05, 0.1) is 19.3 Å². The van der Waals surface area contributed by atoms with Crippen molar-refractivity contribution in [3.05, 3.63) is 170 Å². The van der Waals surface area contributed by atoms with Crippen molar-refractivity contribution < 1.29 is 12.6 Å². The molecule has 0 saturated carbocycles. The SMILES string of the molecule is [2H]c1cc([2H])c2c(c1[2H])c1c([2H])c([2H])cc([2H])c1n2-c1cc(-c2ccccc2)cc(-c2nc(-c3ccccc3)nc(-c3cccc4oc5ccccc5c34)n2)c1. The molecule has 0 bridgehead atoms. The molecular weight excluding hydrogens is 613 g/mol. The molecule has 0 N–H and O–H groups in total. The molecule has 0 fully saturated rings. The highest BCUT2D eigenvalue weighted by Crippen LogP contribution is 2.38. The molecule has 0 saturated heterocycles. The second-order valence-corrected chi connectivity index (χ2v) is 12.0. The number of aromatic nitrogens is 4. The maximum Gasteiger partial charge on any atom is 0.164 e. The summed E-state index contributed by atoms with van der Waals surface area (Å²) in [6, 6.07) is 40.9. The molecule has 7 aromatic carbocycles. The topological polar surface area (TPSA) is 56.7 Å². The van der Waals surface area contributed by atoms with Gasteiger partial charge in [-0.3, -0.25) is 0 Å². The first-order chi connectivity index (χ1) is 27.2. The Hall–Kier alpha value is -6.85. The van der Waals surface area contributed by atoms with E-state index in [4.69, 9.17) is 27.6 Å². The summed E-state index contributed by atoms with van der Waals surface area (Å²) in [6.07, 6.45) is 0. The van der Waals surface area contributed by atoms with E-state index in [1.807, 2.05) is 121 Å². The molecule has 0 atom stereocenters. The molecule has 3 heterocycles. The average molecular weight is 647 g/mol. The summed E-state index contributed by atoms with van der Waals surface area (Å²) in [5.74, 6) is 1.28. The summed E-state index contributed by atoms with van der Waals surface area (Å²) in [7, 11) is 0. The number of fused-ring (bicyclic) bond motifs is 6. The zero-order valence-corrected chi connectivity index (χ0v) is 26.4. The lowest BCUT2D eigenvalue weighted by atomic mass is 10.0. The van der Waals surface area contributed by atoms with Crippen molar-refractivity contribution >= 4 is 43.7 Å². The molecule has 0 radical (unpaired) electrons. The van der Waals surface area contributed by atoms with E-state index in [1.165, 1.54) is 12.1 Å². The molecule has 10 rings (SSSR count). The summed E-state index contributed by atoms with van der Waals surface area (Å²) >= 11 is 0. The molecule has 3 aromatic heterocycles. The Bertz CT molecular complexity index is 3150. The highest BCUT2D eigenvalue weighted by atomic mass is 16.3. The Morgan fingerprint density at radius 3 is 1.80 bits per heavy atom. The number of para-hydroxylation sites is 3. The van der Waals surface area contributed by atoms with Crippen LogP contribution in [0.15, 0.2) is 174 Å². The normalized spacial score (nSPS) is 13.3. The molecule has 0 aliphatic carbocycles. The van der Waals surface area contributed by atoms with Crippen LogP contribution in [0, 0.1) is 0 Å². The highest BCUT2D eigenvalue weighted by molar-refractivity contribution is 6.12. The van der Waals surface area contributed by atoms with Crippen molar-refractivity contribution in [2.24, 2.45) is 0 Å². The van der Waals surface area contributed by atoms with E-state index in [0.717, 1.165) is 38.6 Å². The van der Waals surface area contributed by atoms with E-state index < -0.39 is 0 Å². The van der Waals surface area contributed by atoms with Crippen LogP contribution in [0.2, 0.25) is 0 Å². The molecule has 0 aliphatic rings. The standard InChI is InChI=1S/C45H28N4O/c1-3-14-29(15-4-1)31-26-32(28-33(27-31)49-38-22-10-7-18-34(38)35-19-8-11-23-39(35)49)44-46-43(30-16-5-2-6-17-30)47-45(48-44)37-21-13-25-41-42(37)36-20-9-12-24-40(36)50-41/h1-28H/i7D,8D,18D,19D,22D,23D. The zero-order valence-electron chi connectivity index (χ0n) is 32.4. The lowest BCUT2D eigenvalue weighted by Crippen LogP contribution is -2.02. The summed E-state index contributed by atoms with van der Waals surface area (Å²) < 4.78 is 60.9. The van der Waals surface area contributed by atoms with Crippen molar-refractivity contribution in [1.29, 1.82) is 0 Å². The van der Waals surface area contributed by atoms with Crippen molar-refractivity contribution in [3.63, 3.8) is 0 Å². The highest BCUT2D eigenvalue weighted by Gasteiger charge is 2.19. The molecule has 0 unspecified atom stereocenters. The summed E-state index contributed by atoms with van der Waals surface area (Å²) in [5, 5.41) is 2.19. The average Bonchev–Trinajstić information content (AvgIpc) is 3.80. The Labute approximate surface area is 296 Å². The quantitative estimate of drug-likeness (QED) is 0.187. The van der Waals surface area contributed by atoms with Gasteiger partial charge in [0.15, 0.2) is 17.5 Å². The molecule has 50 heavy (non-hydrogen) atoms. The van der Waals surface area contributed by atoms with Gasteiger partial charge in [0, 0.05) is 43.9 Å². The maximum absolute atomic E-state index is 9.08. The first kappa shape index (κ1) is 22.7. The molecule has 5 nitrogen and oxygen atoms in total. The third-order valence-electron chi connectivity index (χ3n) is 8.98. The number of nitrogens with zero attached hydrogens (tertiary/aromatic N) is 4. The summed E-state index contributed by atoms with van der Waals surface area (Å²) in [6.45, 7) is 0. The van der Waals surface area contributed by atoms with Gasteiger partial charge in [-0.05, 0) is 53.5 Å². The van der Waals surface area contributed by atoms with Gasteiger partial charge in [-0.15, -0.1) is 0 Å². The minimum Gasteiger partial charge on any atom is -0.456 e. The molecule has 0 spiro atoms. The van der Waals surface area contributed by atoms with Crippen molar-refractivity contribution in [3.8, 4) is 51.0 Å². The fourth-order valence-corrected chi connectivity index (χ4v) is 6.74. The minimum absolute atomic E-state index is 0.0385. The second kappa shape index (κ2) is 11.4. The van der Waals surface area contributed by atoms with E-state index in [9.17, 15) is 0 Å². The monoisotopic (exact) mass is 646 g/mol. The van der Waals surface area contributed by atoms with Crippen LogP contribution in [-0.2, 0) is 0 Å². The Morgan fingerprint density at radius 1 is 0.460 bits per heavy atom. The number of hydrogen-bond donors (Lipinski definition) is 0. The first-order valence-corrected chi connectivity index (χ1v) is 16.2. The van der Waals surface area contributed by atoms with Crippen LogP contribution in [0.25, 0.3) is 94.7 Å². The van der Waals surface area contributed by atoms with Crippen LogP contribution in [0.1, 0.15) is 8.22 Å². The van der Waals surface area contributed by atoms with Gasteiger partial charge in [-0.1, -0.05) is 127 Å². The predicted molar refractivity (Wildman–Crippen MR) is 203 cm³/mol. The van der Waals surface area contributed by atoms with E-state index in [0.29, 0.717) is 34.3 Å². The predicted octanol–water partition coefficient (Wildman–Crippen LogP) is 11.5. The van der Waals surface area contributed by atoms with Gasteiger partial charge in [-0.2, -0.15) is 0 Å². The molecular formula is C45H28N4O. The lowest BCUT2D eigenvalue weighted by Gasteiger charge is -2.14. The number of rotatable bonds is 5. The van der Waals surface area contributed by atoms with E-state index in [2.05, 4.69) is 0 Å². The van der Waals surface area contributed by atoms with Gasteiger partial charge >= 0.3 is 0 Å². The van der Waals surface area contributed by atoms with Gasteiger partial charge in [0.1, 0.15) is 11.2 Å². The van der Waals surface area contributed by atoms with E-state index >= 15 is 0 Å².